The van der Waals surface area contributed by atoms with Crippen molar-refractivity contribution < 1.29 is 4.74 Å². The summed E-state index contributed by atoms with van der Waals surface area (Å²) in [4.78, 5) is 13.8. The molecule has 4 rings (SSSR count). The molecule has 1 fully saturated rings. The molecule has 2 aromatic heterocycles. The minimum atomic E-state index is 0. The van der Waals surface area contributed by atoms with Crippen molar-refractivity contribution in [3.05, 3.63) is 60.6 Å². The summed E-state index contributed by atoms with van der Waals surface area (Å²) in [5.41, 5.74) is 3.16. The summed E-state index contributed by atoms with van der Waals surface area (Å²) in [6, 6.07) is 14.3. The highest BCUT2D eigenvalue weighted by molar-refractivity contribution is 14.0. The van der Waals surface area contributed by atoms with Gasteiger partial charge in [-0.15, -0.1) is 24.0 Å². The molecule has 0 atom stereocenters. The Morgan fingerprint density at radius 3 is 2.69 bits per heavy atom. The molecule has 0 bridgehead atoms. The van der Waals surface area contributed by atoms with E-state index in [1.165, 1.54) is 5.69 Å². The number of aromatic nitrogens is 2. The van der Waals surface area contributed by atoms with Gasteiger partial charge in [-0.1, -0.05) is 12.1 Å². The van der Waals surface area contributed by atoms with Crippen LogP contribution in [0.3, 0.4) is 0 Å². The van der Waals surface area contributed by atoms with Gasteiger partial charge in [-0.05, 0) is 24.3 Å². The van der Waals surface area contributed by atoms with Crippen molar-refractivity contribution in [1.82, 2.24) is 19.6 Å². The van der Waals surface area contributed by atoms with Crippen LogP contribution in [0.1, 0.15) is 5.69 Å². The van der Waals surface area contributed by atoms with E-state index in [1.807, 2.05) is 48.0 Å². The number of aliphatic imine (C=N–C) groups is 1. The summed E-state index contributed by atoms with van der Waals surface area (Å²) in [5, 5.41) is 3.45. The molecule has 1 N–H and O–H groups in total. The Hall–Kier alpha value is -2.49. The van der Waals surface area contributed by atoms with Crippen molar-refractivity contribution in [2.24, 2.45) is 4.99 Å². The Balaban J connectivity index is 0.00000240. The topological polar surface area (TPSA) is 57.4 Å². The molecule has 0 saturated carbocycles. The van der Waals surface area contributed by atoms with Crippen LogP contribution in [0.2, 0.25) is 0 Å². The molecule has 29 heavy (non-hydrogen) atoms. The van der Waals surface area contributed by atoms with E-state index >= 15 is 0 Å². The van der Waals surface area contributed by atoms with Gasteiger partial charge < -0.3 is 24.3 Å². The fourth-order valence-corrected chi connectivity index (χ4v) is 3.56. The first-order valence-electron chi connectivity index (χ1n) is 9.54. The first-order valence-corrected chi connectivity index (χ1v) is 9.54. The van der Waals surface area contributed by atoms with Gasteiger partial charge in [0.25, 0.3) is 0 Å². The molecule has 1 aliphatic rings. The standard InChI is InChI=1S/C21H26N6O.HI/c1-22-21(23-15-17-16-27-9-4-3-8-20(27)24-17)26-12-10-25(11-13-26)18-6-5-7-19(14-18)28-2;/h3-9,14,16H,10-13,15H2,1-2H3,(H,22,23);1H. The van der Waals surface area contributed by atoms with E-state index in [0.29, 0.717) is 6.54 Å². The van der Waals surface area contributed by atoms with Gasteiger partial charge in [0.1, 0.15) is 11.4 Å². The van der Waals surface area contributed by atoms with E-state index in [2.05, 4.69) is 43.4 Å². The number of benzene rings is 1. The quantitative estimate of drug-likeness (QED) is 0.335. The van der Waals surface area contributed by atoms with Gasteiger partial charge in [-0.2, -0.15) is 0 Å². The third-order valence-electron chi connectivity index (χ3n) is 5.05. The van der Waals surface area contributed by atoms with Crippen LogP contribution in [0, 0.1) is 0 Å². The van der Waals surface area contributed by atoms with Crippen LogP contribution in [0.25, 0.3) is 5.65 Å². The number of nitrogens with one attached hydrogen (secondary N) is 1. The molecule has 154 valence electrons. The number of halogens is 1. The number of anilines is 1. The van der Waals surface area contributed by atoms with Gasteiger partial charge in [-0.25, -0.2) is 4.98 Å². The minimum absolute atomic E-state index is 0. The average molecular weight is 506 g/mol. The van der Waals surface area contributed by atoms with E-state index in [1.54, 1.807) is 7.11 Å². The highest BCUT2D eigenvalue weighted by atomic mass is 127. The number of imidazole rings is 1. The largest absolute Gasteiger partial charge is 0.497 e. The summed E-state index contributed by atoms with van der Waals surface area (Å²) >= 11 is 0. The van der Waals surface area contributed by atoms with Gasteiger partial charge in [0, 0.05) is 57.4 Å². The Bertz CT molecular complexity index is 931. The summed E-state index contributed by atoms with van der Waals surface area (Å²) in [7, 11) is 3.54. The number of fused-ring (bicyclic) bond motifs is 1. The smallest absolute Gasteiger partial charge is 0.194 e. The third-order valence-corrected chi connectivity index (χ3v) is 5.05. The Labute approximate surface area is 188 Å². The lowest BCUT2D eigenvalue weighted by Gasteiger charge is -2.37. The summed E-state index contributed by atoms with van der Waals surface area (Å²) in [6.45, 7) is 4.39. The molecule has 0 unspecified atom stereocenters. The molecule has 7 nitrogen and oxygen atoms in total. The second kappa shape index (κ2) is 9.82. The summed E-state index contributed by atoms with van der Waals surface area (Å²) in [6.07, 6.45) is 4.06. The molecule has 0 radical (unpaired) electrons. The number of pyridine rings is 1. The van der Waals surface area contributed by atoms with Crippen LogP contribution >= 0.6 is 24.0 Å². The van der Waals surface area contributed by atoms with Gasteiger partial charge >= 0.3 is 0 Å². The Kier molecular flexibility index (Phi) is 7.18. The molecular formula is C21H27IN6O. The van der Waals surface area contributed by atoms with Crippen LogP contribution in [-0.4, -0.2) is 60.6 Å². The monoisotopic (exact) mass is 506 g/mol. The number of guanidine groups is 1. The lowest BCUT2D eigenvalue weighted by atomic mass is 10.2. The fraction of sp³-hybridized carbons (Fsp3) is 0.333. The molecule has 0 amide bonds. The maximum atomic E-state index is 5.34. The molecule has 1 aliphatic heterocycles. The molecule has 8 heteroatoms. The molecule has 1 aromatic carbocycles. The lowest BCUT2D eigenvalue weighted by Crippen LogP contribution is -2.52. The van der Waals surface area contributed by atoms with Crippen molar-refractivity contribution >= 4 is 41.3 Å². The number of hydrogen-bond donors (Lipinski definition) is 1. The van der Waals surface area contributed by atoms with Gasteiger partial charge in [0.15, 0.2) is 5.96 Å². The van der Waals surface area contributed by atoms with Crippen molar-refractivity contribution in [2.75, 3.05) is 45.2 Å². The zero-order valence-corrected chi connectivity index (χ0v) is 19.1. The van der Waals surface area contributed by atoms with Crippen LogP contribution in [0.5, 0.6) is 5.75 Å². The average Bonchev–Trinajstić information content (AvgIpc) is 3.17. The van der Waals surface area contributed by atoms with Crippen molar-refractivity contribution in [1.29, 1.82) is 0 Å². The number of piperazine rings is 1. The maximum Gasteiger partial charge on any atom is 0.194 e. The number of methoxy groups -OCH3 is 1. The minimum Gasteiger partial charge on any atom is -0.497 e. The Morgan fingerprint density at radius 2 is 1.97 bits per heavy atom. The number of ether oxygens (including phenoxy) is 1. The van der Waals surface area contributed by atoms with Crippen LogP contribution in [0.4, 0.5) is 5.69 Å². The predicted octanol–water partition coefficient (Wildman–Crippen LogP) is 2.86. The summed E-state index contributed by atoms with van der Waals surface area (Å²) in [5.74, 6) is 1.81. The number of hydrogen-bond acceptors (Lipinski definition) is 4. The molecule has 3 heterocycles. The third kappa shape index (κ3) is 4.92. The van der Waals surface area contributed by atoms with E-state index in [9.17, 15) is 0 Å². The van der Waals surface area contributed by atoms with E-state index in [-0.39, 0.29) is 24.0 Å². The zero-order valence-electron chi connectivity index (χ0n) is 16.8. The molecule has 1 saturated heterocycles. The van der Waals surface area contributed by atoms with Crippen molar-refractivity contribution in [3.8, 4) is 5.75 Å². The lowest BCUT2D eigenvalue weighted by molar-refractivity contribution is 0.371. The summed E-state index contributed by atoms with van der Waals surface area (Å²) < 4.78 is 7.38. The maximum absolute atomic E-state index is 5.34. The number of rotatable bonds is 4. The zero-order chi connectivity index (χ0) is 19.3. The second-order valence-electron chi connectivity index (χ2n) is 6.77. The van der Waals surface area contributed by atoms with Crippen LogP contribution in [-0.2, 0) is 6.54 Å². The van der Waals surface area contributed by atoms with Gasteiger partial charge in [0.05, 0.1) is 19.3 Å². The van der Waals surface area contributed by atoms with E-state index < -0.39 is 0 Å². The first kappa shape index (κ1) is 21.2. The highest BCUT2D eigenvalue weighted by Crippen LogP contribution is 2.22. The predicted molar refractivity (Wildman–Crippen MR) is 128 cm³/mol. The second-order valence-corrected chi connectivity index (χ2v) is 6.77. The van der Waals surface area contributed by atoms with E-state index in [0.717, 1.165) is 49.2 Å². The normalized spacial score (nSPS) is 14.6. The highest BCUT2D eigenvalue weighted by Gasteiger charge is 2.20. The van der Waals surface area contributed by atoms with Crippen LogP contribution < -0.4 is 15.0 Å². The van der Waals surface area contributed by atoms with Crippen molar-refractivity contribution in [2.45, 2.75) is 6.54 Å². The molecular weight excluding hydrogens is 479 g/mol. The Morgan fingerprint density at radius 1 is 1.14 bits per heavy atom. The van der Waals surface area contributed by atoms with Gasteiger partial charge in [-0.3, -0.25) is 4.99 Å². The molecule has 3 aromatic rings. The van der Waals surface area contributed by atoms with Gasteiger partial charge in [0.2, 0.25) is 0 Å². The molecule has 0 spiro atoms. The van der Waals surface area contributed by atoms with Crippen LogP contribution in [0.15, 0.2) is 59.9 Å². The number of nitrogens with zero attached hydrogens (tertiary/aromatic N) is 5. The van der Waals surface area contributed by atoms with E-state index in [4.69, 9.17) is 4.74 Å². The first-order chi connectivity index (χ1) is 13.8. The fourth-order valence-electron chi connectivity index (χ4n) is 3.56. The SMILES string of the molecule is CN=C(NCc1cn2ccccc2n1)N1CCN(c2cccc(OC)c2)CC1.I. The molecule has 0 aliphatic carbocycles. The van der Waals surface area contributed by atoms with Crippen molar-refractivity contribution in [3.63, 3.8) is 0 Å².